The number of halogens is 4. The van der Waals surface area contributed by atoms with Gasteiger partial charge in [0.25, 0.3) is 0 Å². The lowest BCUT2D eigenvalue weighted by Gasteiger charge is -2.15. The smallest absolute Gasteiger partial charge is 0.342 e. The Morgan fingerprint density at radius 3 is 2.73 bits per heavy atom. The molecule has 0 amide bonds. The molecule has 5 heteroatoms. The van der Waals surface area contributed by atoms with E-state index < -0.39 is 12.7 Å². The third-order valence-corrected chi connectivity index (χ3v) is 3.00. The van der Waals surface area contributed by atoms with Gasteiger partial charge in [-0.15, -0.1) is 0 Å². The Hall–Kier alpha value is -0.710. The summed E-state index contributed by atoms with van der Waals surface area (Å²) in [7, 11) is 0. The molecule has 0 saturated heterocycles. The van der Waals surface area contributed by atoms with Crippen LogP contribution in [0.1, 0.15) is 17.7 Å². The lowest BCUT2D eigenvalue weighted by molar-refractivity contribution is -0.140. The molecule has 1 aliphatic rings. The average Bonchev–Trinajstić information content (AvgIpc) is 2.45. The maximum atomic E-state index is 12.2. The Kier molecular flexibility index (Phi) is 2.66. The van der Waals surface area contributed by atoms with Crippen molar-refractivity contribution in [3.63, 3.8) is 0 Å². The Labute approximate surface area is 93.7 Å². The van der Waals surface area contributed by atoms with Crippen molar-refractivity contribution in [3.05, 3.63) is 28.0 Å². The summed E-state index contributed by atoms with van der Waals surface area (Å²) in [6.45, 7) is -0.895. The number of hydrogen-bond acceptors (Lipinski definition) is 0. The first-order valence-corrected chi connectivity index (χ1v) is 5.36. The summed E-state index contributed by atoms with van der Waals surface area (Å²) >= 11 is 3.36. The van der Waals surface area contributed by atoms with Crippen LogP contribution < -0.4 is 0 Å². The van der Waals surface area contributed by atoms with E-state index in [1.54, 1.807) is 6.07 Å². The second-order valence-corrected chi connectivity index (χ2v) is 4.57. The second-order valence-electron chi connectivity index (χ2n) is 3.55. The third kappa shape index (κ3) is 2.45. The van der Waals surface area contributed by atoms with Gasteiger partial charge in [0.05, 0.1) is 0 Å². The molecule has 0 aliphatic heterocycles. The van der Waals surface area contributed by atoms with Crippen LogP contribution >= 0.6 is 15.9 Å². The van der Waals surface area contributed by atoms with Gasteiger partial charge in [0.2, 0.25) is 0 Å². The summed E-state index contributed by atoms with van der Waals surface area (Å²) in [5.74, 6) is 0. The van der Waals surface area contributed by atoms with Gasteiger partial charge >= 0.3 is 6.18 Å². The van der Waals surface area contributed by atoms with Crippen molar-refractivity contribution >= 4 is 22.0 Å². The summed E-state index contributed by atoms with van der Waals surface area (Å²) in [5, 5.41) is 0. The van der Waals surface area contributed by atoms with E-state index in [2.05, 4.69) is 15.9 Å². The van der Waals surface area contributed by atoms with Crippen LogP contribution in [0.3, 0.4) is 0 Å². The van der Waals surface area contributed by atoms with Crippen molar-refractivity contribution in [2.24, 2.45) is 0 Å². The van der Waals surface area contributed by atoms with Gasteiger partial charge in [-0.1, -0.05) is 15.9 Å². The summed E-state index contributed by atoms with van der Waals surface area (Å²) < 4.78 is 39.0. The molecule has 1 aromatic heterocycles. The Bertz CT molecular complexity index is 403. The van der Waals surface area contributed by atoms with Gasteiger partial charge in [-0.05, 0) is 35.0 Å². The molecule has 1 aliphatic carbocycles. The van der Waals surface area contributed by atoms with Crippen LogP contribution in [0.25, 0.3) is 6.08 Å². The van der Waals surface area contributed by atoms with E-state index >= 15 is 0 Å². The molecule has 0 atom stereocenters. The first-order chi connectivity index (χ1) is 6.96. The SMILES string of the molecule is FC(F)(F)Cn1ccc2c1CCC(Br)=C2. The zero-order valence-electron chi connectivity index (χ0n) is 7.81. The molecule has 0 radical (unpaired) electrons. The van der Waals surface area contributed by atoms with Crippen LogP contribution in [-0.2, 0) is 13.0 Å². The van der Waals surface area contributed by atoms with Crippen LogP contribution in [-0.4, -0.2) is 10.7 Å². The largest absolute Gasteiger partial charge is 0.406 e. The molecule has 0 unspecified atom stereocenters. The topological polar surface area (TPSA) is 4.93 Å². The number of rotatable bonds is 1. The van der Waals surface area contributed by atoms with Crippen molar-refractivity contribution < 1.29 is 13.2 Å². The normalized spacial score (nSPS) is 16.1. The van der Waals surface area contributed by atoms with E-state index in [0.29, 0.717) is 6.42 Å². The number of aromatic nitrogens is 1. The fraction of sp³-hybridized carbons (Fsp3) is 0.400. The highest BCUT2D eigenvalue weighted by molar-refractivity contribution is 9.11. The molecule has 15 heavy (non-hydrogen) atoms. The highest BCUT2D eigenvalue weighted by atomic mass is 79.9. The van der Waals surface area contributed by atoms with Crippen LogP contribution in [0.4, 0.5) is 13.2 Å². The van der Waals surface area contributed by atoms with Gasteiger partial charge in [-0.2, -0.15) is 13.2 Å². The molecule has 1 heterocycles. The van der Waals surface area contributed by atoms with Crippen molar-refractivity contribution in [1.29, 1.82) is 0 Å². The van der Waals surface area contributed by atoms with Crippen molar-refractivity contribution in [1.82, 2.24) is 4.57 Å². The van der Waals surface area contributed by atoms with E-state index in [9.17, 15) is 13.2 Å². The lowest BCUT2D eigenvalue weighted by atomic mass is 10.1. The van der Waals surface area contributed by atoms with Crippen LogP contribution in [0.2, 0.25) is 0 Å². The lowest BCUT2D eigenvalue weighted by Crippen LogP contribution is -2.19. The van der Waals surface area contributed by atoms with Gasteiger partial charge in [0, 0.05) is 11.9 Å². The van der Waals surface area contributed by atoms with Crippen LogP contribution in [0.15, 0.2) is 16.7 Å². The standard InChI is InChI=1S/C10H9BrF3N/c11-8-1-2-9-7(5-8)3-4-15(9)6-10(12,13)14/h3-5H,1-2,6H2. The first-order valence-electron chi connectivity index (χ1n) is 4.56. The number of alkyl halides is 3. The molecule has 1 nitrogen and oxygen atoms in total. The van der Waals surface area contributed by atoms with Crippen molar-refractivity contribution in [3.8, 4) is 0 Å². The molecule has 0 spiro atoms. The molecule has 0 saturated carbocycles. The van der Waals surface area contributed by atoms with Crippen molar-refractivity contribution in [2.75, 3.05) is 0 Å². The Morgan fingerprint density at radius 2 is 2.07 bits per heavy atom. The number of allylic oxidation sites excluding steroid dienone is 1. The molecule has 0 N–H and O–H groups in total. The first kappa shape index (κ1) is 10.8. The Morgan fingerprint density at radius 1 is 1.33 bits per heavy atom. The van der Waals surface area contributed by atoms with Gasteiger partial charge < -0.3 is 4.57 Å². The summed E-state index contributed by atoms with van der Waals surface area (Å²) in [6.07, 6.45) is 0.668. The molecule has 0 bridgehead atoms. The van der Waals surface area contributed by atoms with Gasteiger partial charge in [0.15, 0.2) is 0 Å². The zero-order chi connectivity index (χ0) is 11.1. The van der Waals surface area contributed by atoms with E-state index in [0.717, 1.165) is 22.2 Å². The van der Waals surface area contributed by atoms with Gasteiger partial charge in [-0.3, -0.25) is 0 Å². The minimum absolute atomic E-state index is 0.662. The fourth-order valence-corrected chi connectivity index (χ4v) is 2.21. The highest BCUT2D eigenvalue weighted by Crippen LogP contribution is 2.29. The molecule has 0 fully saturated rings. The number of fused-ring (bicyclic) bond motifs is 1. The maximum absolute atomic E-state index is 12.2. The fourth-order valence-electron chi connectivity index (χ4n) is 1.76. The summed E-state index contributed by atoms with van der Waals surface area (Å²) in [6, 6.07) is 1.72. The summed E-state index contributed by atoms with van der Waals surface area (Å²) in [4.78, 5) is 0. The van der Waals surface area contributed by atoms with Crippen molar-refractivity contribution in [2.45, 2.75) is 25.6 Å². The summed E-state index contributed by atoms with van der Waals surface area (Å²) in [5.41, 5.74) is 1.66. The zero-order valence-corrected chi connectivity index (χ0v) is 9.40. The number of hydrogen-bond donors (Lipinski definition) is 0. The molecular weight excluding hydrogens is 271 g/mol. The predicted molar refractivity (Wildman–Crippen MR) is 55.7 cm³/mol. The minimum atomic E-state index is -4.15. The predicted octanol–water partition coefficient (Wildman–Crippen LogP) is 3.73. The minimum Gasteiger partial charge on any atom is -0.342 e. The molecule has 1 aromatic rings. The average molecular weight is 280 g/mol. The Balaban J connectivity index is 2.29. The van der Waals surface area contributed by atoms with E-state index in [4.69, 9.17) is 0 Å². The monoisotopic (exact) mass is 279 g/mol. The highest BCUT2D eigenvalue weighted by Gasteiger charge is 2.29. The second kappa shape index (κ2) is 3.70. The van der Waals surface area contributed by atoms with E-state index in [1.807, 2.05) is 6.08 Å². The quantitative estimate of drug-likeness (QED) is 0.738. The molecule has 2 rings (SSSR count). The van der Waals surface area contributed by atoms with Crippen LogP contribution in [0, 0.1) is 0 Å². The van der Waals surface area contributed by atoms with Gasteiger partial charge in [-0.25, -0.2) is 0 Å². The van der Waals surface area contributed by atoms with E-state index in [1.165, 1.54) is 10.8 Å². The van der Waals surface area contributed by atoms with Gasteiger partial charge in [0.1, 0.15) is 6.54 Å². The molecule has 82 valence electrons. The third-order valence-electron chi connectivity index (χ3n) is 2.38. The number of nitrogens with zero attached hydrogens (tertiary/aromatic N) is 1. The van der Waals surface area contributed by atoms with E-state index in [-0.39, 0.29) is 0 Å². The molecule has 0 aromatic carbocycles. The maximum Gasteiger partial charge on any atom is 0.406 e. The molecular formula is C10H9BrF3N. The van der Waals surface area contributed by atoms with Crippen LogP contribution in [0.5, 0.6) is 0 Å².